The molecule has 0 bridgehead atoms. The van der Waals surface area contributed by atoms with Gasteiger partial charge in [0, 0.05) is 30.3 Å². The molecule has 1 fully saturated rings. The highest BCUT2D eigenvalue weighted by Crippen LogP contribution is 2.20. The van der Waals surface area contributed by atoms with Gasteiger partial charge in [-0.2, -0.15) is 0 Å². The summed E-state index contributed by atoms with van der Waals surface area (Å²) in [6.45, 7) is 6.44. The fourth-order valence-electron chi connectivity index (χ4n) is 1.92. The summed E-state index contributed by atoms with van der Waals surface area (Å²) in [5, 5.41) is 3.40. The smallest absolute Gasteiger partial charge is 0.131 e. The molecule has 1 aliphatic heterocycles. The summed E-state index contributed by atoms with van der Waals surface area (Å²) in [4.78, 5) is 6.86. The van der Waals surface area contributed by atoms with Crippen LogP contribution in [-0.2, 0) is 0 Å². The average Bonchev–Trinajstić information content (AvgIpc) is 2.46. The molecule has 4 heteroatoms. The number of halogens is 1. The molecule has 0 spiro atoms. The van der Waals surface area contributed by atoms with Crippen LogP contribution in [0.3, 0.4) is 0 Å². The van der Waals surface area contributed by atoms with Gasteiger partial charge in [0.05, 0.1) is 0 Å². The van der Waals surface area contributed by atoms with Gasteiger partial charge in [0.2, 0.25) is 0 Å². The number of aryl methyl sites for hydroxylation is 1. The topological polar surface area (TPSA) is 28.2 Å². The minimum atomic E-state index is 1.05. The minimum Gasteiger partial charge on any atom is -0.355 e. The van der Waals surface area contributed by atoms with Gasteiger partial charge in [-0.05, 0) is 47.4 Å². The maximum atomic E-state index is 4.49. The van der Waals surface area contributed by atoms with Gasteiger partial charge in [0.1, 0.15) is 5.82 Å². The van der Waals surface area contributed by atoms with Crippen molar-refractivity contribution < 1.29 is 0 Å². The van der Waals surface area contributed by atoms with Crippen molar-refractivity contribution in [2.45, 2.75) is 13.3 Å². The average molecular weight is 270 g/mol. The van der Waals surface area contributed by atoms with E-state index in [1.807, 2.05) is 6.20 Å². The normalized spacial score (nSPS) is 17.6. The number of anilines is 1. The van der Waals surface area contributed by atoms with Crippen LogP contribution in [0.25, 0.3) is 0 Å². The van der Waals surface area contributed by atoms with Crippen LogP contribution < -0.4 is 10.2 Å². The summed E-state index contributed by atoms with van der Waals surface area (Å²) in [5.41, 5.74) is 1.24. The summed E-state index contributed by atoms with van der Waals surface area (Å²) in [7, 11) is 0. The number of hydrogen-bond acceptors (Lipinski definition) is 3. The Morgan fingerprint density at radius 3 is 3.07 bits per heavy atom. The Hall–Kier alpha value is -0.610. The van der Waals surface area contributed by atoms with E-state index in [1.165, 1.54) is 12.0 Å². The quantitative estimate of drug-likeness (QED) is 0.845. The highest BCUT2D eigenvalue weighted by Gasteiger charge is 2.12. The van der Waals surface area contributed by atoms with Gasteiger partial charge in [-0.1, -0.05) is 0 Å². The molecule has 0 atom stereocenters. The second kappa shape index (κ2) is 4.94. The summed E-state index contributed by atoms with van der Waals surface area (Å²) in [6, 6.07) is 2.13. The Bertz CT molecular complexity index is 333. The van der Waals surface area contributed by atoms with Gasteiger partial charge in [-0.3, -0.25) is 0 Å². The van der Waals surface area contributed by atoms with E-state index in [4.69, 9.17) is 0 Å². The Morgan fingerprint density at radius 1 is 1.40 bits per heavy atom. The van der Waals surface area contributed by atoms with Crippen LogP contribution in [0.1, 0.15) is 12.0 Å². The fraction of sp³-hybridized carbons (Fsp3) is 0.545. The highest BCUT2D eigenvalue weighted by molar-refractivity contribution is 9.10. The van der Waals surface area contributed by atoms with Gasteiger partial charge in [0.15, 0.2) is 0 Å². The van der Waals surface area contributed by atoms with Crippen LogP contribution in [0.15, 0.2) is 16.7 Å². The predicted molar refractivity (Wildman–Crippen MR) is 66.4 cm³/mol. The monoisotopic (exact) mass is 269 g/mol. The van der Waals surface area contributed by atoms with Crippen molar-refractivity contribution >= 4 is 21.7 Å². The number of rotatable bonds is 1. The first-order valence-corrected chi connectivity index (χ1v) is 6.14. The molecular weight excluding hydrogens is 254 g/mol. The second-order valence-electron chi connectivity index (χ2n) is 3.88. The number of nitrogens with zero attached hydrogens (tertiary/aromatic N) is 2. The maximum Gasteiger partial charge on any atom is 0.131 e. The molecule has 1 aliphatic rings. The number of hydrogen-bond donors (Lipinski definition) is 1. The van der Waals surface area contributed by atoms with Crippen molar-refractivity contribution in [2.24, 2.45) is 0 Å². The van der Waals surface area contributed by atoms with Crippen LogP contribution in [0.5, 0.6) is 0 Å². The van der Waals surface area contributed by atoms with E-state index in [-0.39, 0.29) is 0 Å². The molecule has 2 rings (SSSR count). The Kier molecular flexibility index (Phi) is 3.59. The van der Waals surface area contributed by atoms with Crippen molar-refractivity contribution in [1.29, 1.82) is 0 Å². The Balaban J connectivity index is 2.19. The third-order valence-corrected chi connectivity index (χ3v) is 3.09. The molecule has 0 saturated carbocycles. The molecule has 1 aromatic heterocycles. The molecule has 0 unspecified atom stereocenters. The first-order valence-electron chi connectivity index (χ1n) is 5.35. The third kappa shape index (κ3) is 2.69. The molecule has 1 saturated heterocycles. The fourth-order valence-corrected chi connectivity index (χ4v) is 2.37. The highest BCUT2D eigenvalue weighted by atomic mass is 79.9. The molecule has 1 aromatic rings. The van der Waals surface area contributed by atoms with Crippen LogP contribution in [0.2, 0.25) is 0 Å². The van der Waals surface area contributed by atoms with Gasteiger partial charge < -0.3 is 10.2 Å². The number of nitrogens with one attached hydrogen (secondary N) is 1. The summed E-state index contributed by atoms with van der Waals surface area (Å²) in [6.07, 6.45) is 3.07. The third-order valence-electron chi connectivity index (χ3n) is 2.66. The molecule has 0 amide bonds. The van der Waals surface area contributed by atoms with Gasteiger partial charge >= 0.3 is 0 Å². The van der Waals surface area contributed by atoms with Crippen LogP contribution >= 0.6 is 15.9 Å². The van der Waals surface area contributed by atoms with Gasteiger partial charge in [-0.15, -0.1) is 0 Å². The van der Waals surface area contributed by atoms with Crippen LogP contribution in [-0.4, -0.2) is 31.2 Å². The van der Waals surface area contributed by atoms with E-state index in [9.17, 15) is 0 Å². The Labute approximate surface area is 99.0 Å². The van der Waals surface area contributed by atoms with E-state index >= 15 is 0 Å². The molecule has 15 heavy (non-hydrogen) atoms. The lowest BCUT2D eigenvalue weighted by Gasteiger charge is -2.22. The zero-order valence-corrected chi connectivity index (χ0v) is 10.5. The SMILES string of the molecule is Cc1cc(Br)cnc1N1CCCNCC1. The molecule has 1 N–H and O–H groups in total. The zero-order valence-electron chi connectivity index (χ0n) is 8.96. The van der Waals surface area contributed by atoms with E-state index in [2.05, 4.69) is 44.1 Å². The van der Waals surface area contributed by atoms with Crippen molar-refractivity contribution in [1.82, 2.24) is 10.3 Å². The summed E-state index contributed by atoms with van der Waals surface area (Å²) >= 11 is 3.44. The molecule has 0 aliphatic carbocycles. The van der Waals surface area contributed by atoms with Crippen LogP contribution in [0.4, 0.5) is 5.82 Å². The van der Waals surface area contributed by atoms with E-state index in [0.29, 0.717) is 0 Å². The Morgan fingerprint density at radius 2 is 2.27 bits per heavy atom. The predicted octanol–water partition coefficient (Wildman–Crippen LogP) is 1.95. The first kappa shape index (κ1) is 10.9. The van der Waals surface area contributed by atoms with Gasteiger partial charge in [-0.25, -0.2) is 4.98 Å². The molecular formula is C11H16BrN3. The molecule has 3 nitrogen and oxygen atoms in total. The van der Waals surface area contributed by atoms with E-state index < -0.39 is 0 Å². The van der Waals surface area contributed by atoms with Crippen molar-refractivity contribution in [2.75, 3.05) is 31.1 Å². The number of aromatic nitrogens is 1. The first-order chi connectivity index (χ1) is 7.27. The lowest BCUT2D eigenvalue weighted by atomic mass is 10.2. The maximum absolute atomic E-state index is 4.49. The lowest BCUT2D eigenvalue weighted by molar-refractivity contribution is 0.724. The number of pyridine rings is 1. The molecule has 2 heterocycles. The molecule has 0 radical (unpaired) electrons. The second-order valence-corrected chi connectivity index (χ2v) is 4.80. The van der Waals surface area contributed by atoms with Gasteiger partial charge in [0.25, 0.3) is 0 Å². The van der Waals surface area contributed by atoms with Crippen LogP contribution in [0, 0.1) is 6.92 Å². The standard InChI is InChI=1S/C11H16BrN3/c1-9-7-10(12)8-14-11(9)15-5-2-3-13-4-6-15/h7-8,13H,2-6H2,1H3. The summed E-state index contributed by atoms with van der Waals surface area (Å²) in [5.74, 6) is 1.13. The minimum absolute atomic E-state index is 1.05. The molecule has 82 valence electrons. The van der Waals surface area contributed by atoms with E-state index in [0.717, 1.165) is 36.5 Å². The lowest BCUT2D eigenvalue weighted by Crippen LogP contribution is -2.29. The van der Waals surface area contributed by atoms with Crippen molar-refractivity contribution in [3.8, 4) is 0 Å². The zero-order chi connectivity index (χ0) is 10.7. The van der Waals surface area contributed by atoms with E-state index in [1.54, 1.807) is 0 Å². The molecule has 0 aromatic carbocycles. The largest absolute Gasteiger partial charge is 0.355 e. The van der Waals surface area contributed by atoms with Crippen molar-refractivity contribution in [3.63, 3.8) is 0 Å². The van der Waals surface area contributed by atoms with Crippen molar-refractivity contribution in [3.05, 3.63) is 22.3 Å². The summed E-state index contributed by atoms with van der Waals surface area (Å²) < 4.78 is 1.05.